The maximum absolute atomic E-state index is 12.1. The summed E-state index contributed by atoms with van der Waals surface area (Å²) >= 11 is 2.88. The van der Waals surface area contributed by atoms with Crippen LogP contribution in [0.5, 0.6) is 0 Å². The van der Waals surface area contributed by atoms with Crippen LogP contribution in [-0.4, -0.2) is 21.4 Å². The Balaban J connectivity index is 1.57. The standard InChI is InChI=1S/C17H17N3O2S2/c1-11-5-7-13(8-6-11)16-19-20-17(22-16)24-12(2)15(21)18-10-14-4-3-9-23-14/h3-9,12H,10H2,1-2H3,(H,18,21)/t12-/m1/s1. The molecule has 1 aromatic carbocycles. The summed E-state index contributed by atoms with van der Waals surface area (Å²) in [7, 11) is 0. The number of amides is 1. The van der Waals surface area contributed by atoms with Gasteiger partial charge in [-0.1, -0.05) is 35.5 Å². The second kappa shape index (κ2) is 7.63. The molecule has 0 radical (unpaired) electrons. The highest BCUT2D eigenvalue weighted by molar-refractivity contribution is 8.00. The fourth-order valence-electron chi connectivity index (χ4n) is 2.01. The van der Waals surface area contributed by atoms with E-state index >= 15 is 0 Å². The van der Waals surface area contributed by atoms with Crippen LogP contribution >= 0.6 is 23.1 Å². The molecule has 0 aliphatic rings. The summed E-state index contributed by atoms with van der Waals surface area (Å²) in [5.74, 6) is 0.409. The van der Waals surface area contributed by atoms with Crippen molar-refractivity contribution in [3.63, 3.8) is 0 Å². The third-order valence-electron chi connectivity index (χ3n) is 3.37. The summed E-state index contributed by atoms with van der Waals surface area (Å²) in [6, 6.07) is 11.8. The van der Waals surface area contributed by atoms with Crippen LogP contribution in [0.2, 0.25) is 0 Å². The van der Waals surface area contributed by atoms with Crippen molar-refractivity contribution in [2.75, 3.05) is 0 Å². The summed E-state index contributed by atoms with van der Waals surface area (Å²) < 4.78 is 5.64. The molecule has 0 unspecified atom stereocenters. The number of aryl methyl sites for hydroxylation is 1. The van der Waals surface area contributed by atoms with E-state index in [9.17, 15) is 4.79 Å². The van der Waals surface area contributed by atoms with Gasteiger partial charge in [0.15, 0.2) is 0 Å². The summed E-state index contributed by atoms with van der Waals surface area (Å²) in [4.78, 5) is 13.3. The smallest absolute Gasteiger partial charge is 0.277 e. The summed E-state index contributed by atoms with van der Waals surface area (Å²) in [6.45, 7) is 4.39. The first-order chi connectivity index (χ1) is 11.6. The van der Waals surface area contributed by atoms with Crippen LogP contribution < -0.4 is 5.32 Å². The van der Waals surface area contributed by atoms with E-state index in [4.69, 9.17) is 4.42 Å². The molecule has 5 nitrogen and oxygen atoms in total. The minimum absolute atomic E-state index is 0.0523. The molecule has 3 rings (SSSR count). The van der Waals surface area contributed by atoms with Crippen LogP contribution in [0, 0.1) is 6.92 Å². The van der Waals surface area contributed by atoms with Gasteiger partial charge in [0.25, 0.3) is 5.22 Å². The van der Waals surface area contributed by atoms with Crippen molar-refractivity contribution >= 4 is 29.0 Å². The van der Waals surface area contributed by atoms with Gasteiger partial charge in [-0.15, -0.1) is 21.5 Å². The Labute approximate surface area is 148 Å². The molecular formula is C17H17N3O2S2. The molecule has 0 fully saturated rings. The highest BCUT2D eigenvalue weighted by Crippen LogP contribution is 2.26. The Kier molecular flexibility index (Phi) is 5.32. The van der Waals surface area contributed by atoms with Crippen molar-refractivity contribution in [2.24, 2.45) is 0 Å². The predicted octanol–water partition coefficient (Wildman–Crippen LogP) is 3.90. The summed E-state index contributed by atoms with van der Waals surface area (Å²) in [6.07, 6.45) is 0. The van der Waals surface area contributed by atoms with E-state index in [0.717, 1.165) is 10.4 Å². The number of thioether (sulfide) groups is 1. The zero-order valence-electron chi connectivity index (χ0n) is 13.4. The molecule has 24 heavy (non-hydrogen) atoms. The molecule has 3 aromatic rings. The zero-order valence-corrected chi connectivity index (χ0v) is 15.0. The Morgan fingerprint density at radius 3 is 2.79 bits per heavy atom. The molecule has 0 bridgehead atoms. The van der Waals surface area contributed by atoms with Gasteiger partial charge in [-0.05, 0) is 37.4 Å². The molecule has 2 heterocycles. The molecule has 0 saturated heterocycles. The van der Waals surface area contributed by atoms with Crippen molar-refractivity contribution in [2.45, 2.75) is 30.9 Å². The van der Waals surface area contributed by atoms with Crippen molar-refractivity contribution < 1.29 is 9.21 Å². The maximum atomic E-state index is 12.1. The van der Waals surface area contributed by atoms with Gasteiger partial charge < -0.3 is 9.73 Å². The van der Waals surface area contributed by atoms with Gasteiger partial charge in [-0.25, -0.2) is 0 Å². The molecule has 0 aliphatic heterocycles. The first-order valence-corrected chi connectivity index (χ1v) is 9.25. The second-order valence-electron chi connectivity index (χ2n) is 5.30. The summed E-state index contributed by atoms with van der Waals surface area (Å²) in [5.41, 5.74) is 2.04. The zero-order chi connectivity index (χ0) is 16.9. The number of carbonyl (C=O) groups is 1. The van der Waals surface area contributed by atoms with Crippen molar-refractivity contribution in [3.05, 3.63) is 52.2 Å². The molecule has 0 spiro atoms. The second-order valence-corrected chi connectivity index (χ2v) is 7.62. The van der Waals surface area contributed by atoms with Gasteiger partial charge in [0.1, 0.15) is 0 Å². The third-order valence-corrected chi connectivity index (χ3v) is 5.18. The van der Waals surface area contributed by atoms with Gasteiger partial charge in [-0.3, -0.25) is 4.79 Å². The van der Waals surface area contributed by atoms with Gasteiger partial charge in [-0.2, -0.15) is 0 Å². The van der Waals surface area contributed by atoms with Gasteiger partial charge in [0.2, 0.25) is 11.8 Å². The van der Waals surface area contributed by atoms with E-state index in [0.29, 0.717) is 17.7 Å². The minimum atomic E-state index is -0.309. The normalized spacial score (nSPS) is 12.1. The molecule has 1 N–H and O–H groups in total. The number of nitrogens with zero attached hydrogens (tertiary/aromatic N) is 2. The van der Waals surface area contributed by atoms with Crippen LogP contribution in [0.15, 0.2) is 51.4 Å². The number of hydrogen-bond acceptors (Lipinski definition) is 6. The minimum Gasteiger partial charge on any atom is -0.411 e. The summed E-state index contributed by atoms with van der Waals surface area (Å²) in [5, 5.41) is 13.0. The van der Waals surface area contributed by atoms with E-state index in [1.807, 2.05) is 55.6 Å². The average Bonchev–Trinajstić information content (AvgIpc) is 3.25. The van der Waals surface area contributed by atoms with Crippen LogP contribution in [0.4, 0.5) is 0 Å². The Morgan fingerprint density at radius 1 is 1.29 bits per heavy atom. The van der Waals surface area contributed by atoms with Gasteiger partial charge >= 0.3 is 0 Å². The number of aromatic nitrogens is 2. The Morgan fingerprint density at radius 2 is 2.08 bits per heavy atom. The van der Waals surface area contributed by atoms with E-state index in [1.165, 1.54) is 17.3 Å². The molecular weight excluding hydrogens is 342 g/mol. The average molecular weight is 359 g/mol. The van der Waals surface area contributed by atoms with Crippen molar-refractivity contribution in [1.82, 2.24) is 15.5 Å². The third kappa shape index (κ3) is 4.24. The van der Waals surface area contributed by atoms with Crippen LogP contribution in [-0.2, 0) is 11.3 Å². The number of nitrogens with one attached hydrogen (secondary N) is 1. The Bertz CT molecular complexity index is 798. The maximum Gasteiger partial charge on any atom is 0.277 e. The number of carbonyl (C=O) groups excluding carboxylic acids is 1. The fourth-order valence-corrected chi connectivity index (χ4v) is 3.36. The first-order valence-electron chi connectivity index (χ1n) is 7.49. The van der Waals surface area contributed by atoms with Crippen molar-refractivity contribution in [1.29, 1.82) is 0 Å². The molecule has 0 aliphatic carbocycles. The lowest BCUT2D eigenvalue weighted by molar-refractivity contribution is -0.120. The largest absolute Gasteiger partial charge is 0.411 e. The predicted molar refractivity (Wildman–Crippen MR) is 96.0 cm³/mol. The highest BCUT2D eigenvalue weighted by atomic mass is 32.2. The van der Waals surface area contributed by atoms with Gasteiger partial charge in [0, 0.05) is 10.4 Å². The first kappa shape index (κ1) is 16.7. The molecule has 1 atom stereocenters. The SMILES string of the molecule is Cc1ccc(-c2nnc(S[C@H](C)C(=O)NCc3cccs3)o2)cc1. The van der Waals surface area contributed by atoms with Crippen LogP contribution in [0.25, 0.3) is 11.5 Å². The Hall–Kier alpha value is -2.12. The monoisotopic (exact) mass is 359 g/mol. The van der Waals surface area contributed by atoms with E-state index in [1.54, 1.807) is 11.3 Å². The molecule has 0 saturated carbocycles. The van der Waals surface area contributed by atoms with Crippen LogP contribution in [0.1, 0.15) is 17.4 Å². The van der Waals surface area contributed by atoms with E-state index in [-0.39, 0.29) is 11.2 Å². The van der Waals surface area contributed by atoms with Crippen molar-refractivity contribution in [3.8, 4) is 11.5 Å². The molecule has 7 heteroatoms. The number of thiophene rings is 1. The quantitative estimate of drug-likeness (QED) is 0.676. The lowest BCUT2D eigenvalue weighted by Gasteiger charge is -2.08. The number of benzene rings is 1. The topological polar surface area (TPSA) is 68.0 Å². The highest BCUT2D eigenvalue weighted by Gasteiger charge is 2.18. The molecule has 1 amide bonds. The molecule has 2 aromatic heterocycles. The van der Waals surface area contributed by atoms with Crippen LogP contribution in [0.3, 0.4) is 0 Å². The lowest BCUT2D eigenvalue weighted by Crippen LogP contribution is -2.30. The molecule has 124 valence electrons. The number of hydrogen-bond donors (Lipinski definition) is 1. The lowest BCUT2D eigenvalue weighted by atomic mass is 10.1. The van der Waals surface area contributed by atoms with E-state index < -0.39 is 0 Å². The van der Waals surface area contributed by atoms with E-state index in [2.05, 4.69) is 15.5 Å². The van der Waals surface area contributed by atoms with Gasteiger partial charge in [0.05, 0.1) is 11.8 Å². The number of rotatable bonds is 6. The fraction of sp³-hybridized carbons (Fsp3) is 0.235.